The van der Waals surface area contributed by atoms with Crippen molar-refractivity contribution in [1.29, 1.82) is 0 Å². The van der Waals surface area contributed by atoms with Crippen LogP contribution in [0.15, 0.2) is 0 Å². The van der Waals surface area contributed by atoms with Gasteiger partial charge in [0.25, 0.3) is 0 Å². The lowest BCUT2D eigenvalue weighted by molar-refractivity contribution is -0.152. The summed E-state index contributed by atoms with van der Waals surface area (Å²) in [7, 11) is 0. The zero-order valence-electron chi connectivity index (χ0n) is 11.0. The van der Waals surface area contributed by atoms with Gasteiger partial charge in [-0.2, -0.15) is 0 Å². The molecule has 0 aromatic heterocycles. The van der Waals surface area contributed by atoms with Crippen molar-refractivity contribution in [3.63, 3.8) is 0 Å². The summed E-state index contributed by atoms with van der Waals surface area (Å²) in [6, 6.07) is 0.0990. The van der Waals surface area contributed by atoms with Crippen LogP contribution in [0.25, 0.3) is 0 Å². The molecular weight excluding hydrogens is 234 g/mol. The third-order valence-electron chi connectivity index (χ3n) is 3.48. The molecule has 2 aliphatic rings. The van der Waals surface area contributed by atoms with Crippen LogP contribution in [-0.2, 0) is 19.0 Å². The molecule has 2 aliphatic heterocycles. The molecule has 5 heteroatoms. The van der Waals surface area contributed by atoms with Crippen molar-refractivity contribution in [2.45, 2.75) is 38.3 Å². The number of hydrogen-bond donors (Lipinski definition) is 1. The summed E-state index contributed by atoms with van der Waals surface area (Å²) in [5.74, 6) is -0.324. The molecule has 2 rings (SSSR count). The summed E-state index contributed by atoms with van der Waals surface area (Å²) in [4.78, 5) is 12.0. The van der Waals surface area contributed by atoms with Crippen molar-refractivity contribution in [2.24, 2.45) is 5.92 Å². The fourth-order valence-corrected chi connectivity index (χ4v) is 2.38. The highest BCUT2D eigenvalue weighted by molar-refractivity contribution is 5.73. The molecule has 2 heterocycles. The lowest BCUT2D eigenvalue weighted by Crippen LogP contribution is -2.40. The summed E-state index contributed by atoms with van der Waals surface area (Å²) in [5, 5.41) is 3.33. The fourth-order valence-electron chi connectivity index (χ4n) is 2.38. The van der Waals surface area contributed by atoms with Gasteiger partial charge < -0.3 is 19.5 Å². The number of esters is 1. The Labute approximate surface area is 108 Å². The van der Waals surface area contributed by atoms with Crippen LogP contribution in [0.2, 0.25) is 0 Å². The molecule has 0 radical (unpaired) electrons. The first-order valence-corrected chi connectivity index (χ1v) is 6.90. The Morgan fingerprint density at radius 1 is 1.44 bits per heavy atom. The maximum Gasteiger partial charge on any atom is 0.313 e. The summed E-state index contributed by atoms with van der Waals surface area (Å²) in [6.45, 7) is 5.24. The number of carbonyl (C=O) groups is 1. The third-order valence-corrected chi connectivity index (χ3v) is 3.48. The predicted molar refractivity (Wildman–Crippen MR) is 66.3 cm³/mol. The van der Waals surface area contributed by atoms with Gasteiger partial charge in [-0.25, -0.2) is 0 Å². The molecule has 0 aromatic rings. The highest BCUT2D eigenvalue weighted by Crippen LogP contribution is 2.17. The van der Waals surface area contributed by atoms with Crippen molar-refractivity contribution in [2.75, 3.05) is 33.0 Å². The highest BCUT2D eigenvalue weighted by Gasteiger charge is 2.35. The van der Waals surface area contributed by atoms with Gasteiger partial charge in [0, 0.05) is 12.6 Å². The SMILES string of the molecule is CCCNC1COCC1C(=O)OCC1CCCO1. The summed E-state index contributed by atoms with van der Waals surface area (Å²) >= 11 is 0. The van der Waals surface area contributed by atoms with Crippen molar-refractivity contribution >= 4 is 5.97 Å². The molecule has 18 heavy (non-hydrogen) atoms. The molecule has 0 aromatic carbocycles. The lowest BCUT2D eigenvalue weighted by Gasteiger charge is -2.18. The van der Waals surface area contributed by atoms with Gasteiger partial charge in [-0.15, -0.1) is 0 Å². The van der Waals surface area contributed by atoms with Gasteiger partial charge in [0.1, 0.15) is 6.61 Å². The minimum Gasteiger partial charge on any atom is -0.463 e. The van der Waals surface area contributed by atoms with Gasteiger partial charge >= 0.3 is 5.97 Å². The first-order chi connectivity index (χ1) is 8.81. The smallest absolute Gasteiger partial charge is 0.313 e. The average molecular weight is 257 g/mol. The molecule has 0 bridgehead atoms. The van der Waals surface area contributed by atoms with E-state index in [2.05, 4.69) is 12.2 Å². The topological polar surface area (TPSA) is 56.8 Å². The van der Waals surface area contributed by atoms with E-state index < -0.39 is 0 Å². The first-order valence-electron chi connectivity index (χ1n) is 6.90. The number of ether oxygens (including phenoxy) is 3. The Morgan fingerprint density at radius 2 is 2.33 bits per heavy atom. The summed E-state index contributed by atoms with van der Waals surface area (Å²) < 4.78 is 16.1. The molecular formula is C13H23NO4. The fraction of sp³-hybridized carbons (Fsp3) is 0.923. The second-order valence-electron chi connectivity index (χ2n) is 4.97. The van der Waals surface area contributed by atoms with Crippen molar-refractivity contribution in [1.82, 2.24) is 5.32 Å². The van der Waals surface area contributed by atoms with Crippen LogP contribution in [-0.4, -0.2) is 51.1 Å². The van der Waals surface area contributed by atoms with Crippen molar-refractivity contribution in [3.8, 4) is 0 Å². The molecule has 0 saturated carbocycles. The summed E-state index contributed by atoms with van der Waals surface area (Å²) in [6.07, 6.45) is 3.20. The van der Waals surface area contributed by atoms with Gasteiger partial charge in [0.2, 0.25) is 0 Å². The first kappa shape index (κ1) is 13.8. The second-order valence-corrected chi connectivity index (χ2v) is 4.97. The van der Waals surface area contributed by atoms with Crippen LogP contribution in [0, 0.1) is 5.92 Å². The van der Waals surface area contributed by atoms with E-state index in [9.17, 15) is 4.79 Å². The molecule has 0 amide bonds. The monoisotopic (exact) mass is 257 g/mol. The third kappa shape index (κ3) is 3.67. The number of rotatable bonds is 6. The standard InChI is InChI=1S/C13H23NO4/c1-2-5-14-12-9-16-8-11(12)13(15)18-7-10-4-3-6-17-10/h10-12,14H,2-9H2,1H3. The number of carbonyl (C=O) groups excluding carboxylic acids is 1. The number of nitrogens with one attached hydrogen (secondary N) is 1. The minimum atomic E-state index is -0.169. The van der Waals surface area contributed by atoms with E-state index in [-0.39, 0.29) is 24.0 Å². The Hall–Kier alpha value is -0.650. The van der Waals surface area contributed by atoms with Gasteiger partial charge in [-0.3, -0.25) is 4.79 Å². The zero-order chi connectivity index (χ0) is 12.8. The Kier molecular flexibility index (Phi) is 5.41. The van der Waals surface area contributed by atoms with Gasteiger partial charge in [0.05, 0.1) is 25.2 Å². The van der Waals surface area contributed by atoms with Crippen LogP contribution in [0.5, 0.6) is 0 Å². The van der Waals surface area contributed by atoms with Crippen LogP contribution >= 0.6 is 0 Å². The molecule has 2 saturated heterocycles. The van der Waals surface area contributed by atoms with Crippen molar-refractivity contribution < 1.29 is 19.0 Å². The van der Waals surface area contributed by atoms with Gasteiger partial charge in [0.15, 0.2) is 0 Å². The van der Waals surface area contributed by atoms with Crippen LogP contribution in [0.3, 0.4) is 0 Å². The lowest BCUT2D eigenvalue weighted by atomic mass is 10.0. The van der Waals surface area contributed by atoms with Gasteiger partial charge in [-0.1, -0.05) is 6.92 Å². The largest absolute Gasteiger partial charge is 0.463 e. The normalized spacial score (nSPS) is 31.7. The number of hydrogen-bond acceptors (Lipinski definition) is 5. The van der Waals surface area contributed by atoms with Gasteiger partial charge in [-0.05, 0) is 25.8 Å². The van der Waals surface area contributed by atoms with E-state index in [1.165, 1.54) is 0 Å². The van der Waals surface area contributed by atoms with E-state index in [0.717, 1.165) is 32.4 Å². The molecule has 2 fully saturated rings. The predicted octanol–water partition coefficient (Wildman–Crippen LogP) is 0.723. The van der Waals surface area contributed by atoms with Crippen molar-refractivity contribution in [3.05, 3.63) is 0 Å². The molecule has 1 N–H and O–H groups in total. The Morgan fingerprint density at radius 3 is 3.06 bits per heavy atom. The van der Waals surface area contributed by atoms with E-state index in [4.69, 9.17) is 14.2 Å². The van der Waals surface area contributed by atoms with Crippen LogP contribution in [0.4, 0.5) is 0 Å². The van der Waals surface area contributed by atoms with E-state index in [0.29, 0.717) is 19.8 Å². The maximum atomic E-state index is 12.0. The molecule has 3 unspecified atom stereocenters. The van der Waals surface area contributed by atoms with E-state index in [1.807, 2.05) is 0 Å². The average Bonchev–Trinajstić information content (AvgIpc) is 3.04. The molecule has 0 aliphatic carbocycles. The molecule has 3 atom stereocenters. The zero-order valence-corrected chi connectivity index (χ0v) is 11.0. The second kappa shape index (κ2) is 7.07. The highest BCUT2D eigenvalue weighted by atomic mass is 16.6. The Bertz CT molecular complexity index is 266. The summed E-state index contributed by atoms with van der Waals surface area (Å²) in [5.41, 5.74) is 0. The van der Waals surface area contributed by atoms with Crippen LogP contribution < -0.4 is 5.32 Å². The van der Waals surface area contributed by atoms with E-state index in [1.54, 1.807) is 0 Å². The maximum absolute atomic E-state index is 12.0. The Balaban J connectivity index is 1.72. The quantitative estimate of drug-likeness (QED) is 0.711. The van der Waals surface area contributed by atoms with E-state index >= 15 is 0 Å². The molecule has 0 spiro atoms. The minimum absolute atomic E-state index is 0.0957. The molecule has 5 nitrogen and oxygen atoms in total. The molecule has 104 valence electrons. The van der Waals surface area contributed by atoms with Crippen LogP contribution in [0.1, 0.15) is 26.2 Å².